The second-order valence-corrected chi connectivity index (χ2v) is 6.50. The van der Waals surface area contributed by atoms with Crippen molar-refractivity contribution in [2.75, 3.05) is 11.9 Å². The van der Waals surface area contributed by atoms with E-state index >= 15 is 0 Å². The predicted octanol–water partition coefficient (Wildman–Crippen LogP) is 2.79. The molecule has 2 aromatic heterocycles. The number of amides is 1. The first kappa shape index (κ1) is 15.6. The molecule has 4 rings (SSSR count). The molecule has 0 unspecified atom stereocenters. The molecule has 6 nitrogen and oxygen atoms in total. The van der Waals surface area contributed by atoms with Gasteiger partial charge in [0.25, 0.3) is 0 Å². The molecule has 1 aromatic carbocycles. The van der Waals surface area contributed by atoms with Crippen molar-refractivity contribution in [3.05, 3.63) is 48.4 Å². The van der Waals surface area contributed by atoms with Crippen LogP contribution in [0.1, 0.15) is 24.8 Å². The molecule has 3 aromatic rings. The van der Waals surface area contributed by atoms with Crippen molar-refractivity contribution in [3.63, 3.8) is 0 Å². The van der Waals surface area contributed by atoms with Gasteiger partial charge in [-0.1, -0.05) is 23.8 Å². The van der Waals surface area contributed by atoms with E-state index in [1.807, 2.05) is 22.7 Å². The largest absolute Gasteiger partial charge is 0.369 e. The number of hydrogen-bond donors (Lipinski definition) is 2. The molecular weight excluding hydrogens is 314 g/mol. The normalized spacial score (nSPS) is 13.8. The fourth-order valence-corrected chi connectivity index (χ4v) is 2.89. The number of carbonyl (C=O) groups excluding carboxylic acids is 1. The Morgan fingerprint density at radius 1 is 1.36 bits per heavy atom. The summed E-state index contributed by atoms with van der Waals surface area (Å²) in [7, 11) is 0. The minimum atomic E-state index is 0.0996. The Morgan fingerprint density at radius 3 is 3.04 bits per heavy atom. The third-order valence-electron chi connectivity index (χ3n) is 4.31. The van der Waals surface area contributed by atoms with Crippen LogP contribution in [0.4, 0.5) is 5.82 Å². The van der Waals surface area contributed by atoms with Crippen LogP contribution in [0.5, 0.6) is 0 Å². The van der Waals surface area contributed by atoms with Crippen LogP contribution in [0.25, 0.3) is 16.9 Å². The van der Waals surface area contributed by atoms with Crippen LogP contribution >= 0.6 is 0 Å². The van der Waals surface area contributed by atoms with E-state index in [-0.39, 0.29) is 5.91 Å². The number of nitrogens with one attached hydrogen (secondary N) is 2. The van der Waals surface area contributed by atoms with Crippen LogP contribution in [-0.4, -0.2) is 32.9 Å². The summed E-state index contributed by atoms with van der Waals surface area (Å²) >= 11 is 0. The minimum Gasteiger partial charge on any atom is -0.369 e. The maximum absolute atomic E-state index is 11.9. The summed E-state index contributed by atoms with van der Waals surface area (Å²) in [6.07, 6.45) is 8.02. The Labute approximate surface area is 146 Å². The van der Waals surface area contributed by atoms with Crippen molar-refractivity contribution < 1.29 is 4.79 Å². The predicted molar refractivity (Wildman–Crippen MR) is 97.4 cm³/mol. The van der Waals surface area contributed by atoms with E-state index in [1.165, 1.54) is 5.56 Å². The van der Waals surface area contributed by atoms with E-state index in [9.17, 15) is 4.79 Å². The van der Waals surface area contributed by atoms with E-state index in [1.54, 1.807) is 12.4 Å². The maximum Gasteiger partial charge on any atom is 0.221 e. The zero-order valence-corrected chi connectivity index (χ0v) is 14.2. The Balaban J connectivity index is 1.59. The summed E-state index contributed by atoms with van der Waals surface area (Å²) in [5.41, 5.74) is 3.89. The number of carbonyl (C=O) groups is 1. The van der Waals surface area contributed by atoms with Gasteiger partial charge in [-0.15, -0.1) is 0 Å². The molecule has 2 heterocycles. The van der Waals surface area contributed by atoms with E-state index in [4.69, 9.17) is 4.98 Å². The SMILES string of the molecule is Cc1cccc(-c2nc3cnccn3c2NCCC(=O)NC2CC2)c1. The van der Waals surface area contributed by atoms with Crippen molar-refractivity contribution in [1.82, 2.24) is 19.7 Å². The summed E-state index contributed by atoms with van der Waals surface area (Å²) in [5, 5.41) is 6.40. The third-order valence-corrected chi connectivity index (χ3v) is 4.31. The van der Waals surface area contributed by atoms with Crippen LogP contribution < -0.4 is 10.6 Å². The summed E-state index contributed by atoms with van der Waals surface area (Å²) in [6.45, 7) is 2.63. The zero-order chi connectivity index (χ0) is 17.2. The summed E-state index contributed by atoms with van der Waals surface area (Å²) in [4.78, 5) is 20.8. The Morgan fingerprint density at radius 2 is 2.24 bits per heavy atom. The topological polar surface area (TPSA) is 71.3 Å². The number of fused-ring (bicyclic) bond motifs is 1. The maximum atomic E-state index is 11.9. The number of nitrogens with zero attached hydrogens (tertiary/aromatic N) is 3. The average molecular weight is 335 g/mol. The van der Waals surface area contributed by atoms with Crippen molar-refractivity contribution in [2.45, 2.75) is 32.2 Å². The van der Waals surface area contributed by atoms with Crippen molar-refractivity contribution in [2.24, 2.45) is 0 Å². The molecule has 2 N–H and O–H groups in total. The molecule has 0 saturated heterocycles. The summed E-state index contributed by atoms with van der Waals surface area (Å²) in [5.74, 6) is 0.991. The van der Waals surface area contributed by atoms with Gasteiger partial charge < -0.3 is 10.6 Å². The minimum absolute atomic E-state index is 0.0996. The third kappa shape index (κ3) is 3.47. The van der Waals surface area contributed by atoms with E-state index < -0.39 is 0 Å². The zero-order valence-electron chi connectivity index (χ0n) is 14.2. The summed E-state index contributed by atoms with van der Waals surface area (Å²) < 4.78 is 1.98. The van der Waals surface area contributed by atoms with E-state index in [0.717, 1.165) is 35.6 Å². The molecular formula is C19H21N5O. The van der Waals surface area contributed by atoms with E-state index in [0.29, 0.717) is 19.0 Å². The molecule has 0 bridgehead atoms. The Kier molecular flexibility index (Phi) is 4.09. The number of hydrogen-bond acceptors (Lipinski definition) is 4. The molecule has 1 fully saturated rings. The second-order valence-electron chi connectivity index (χ2n) is 6.50. The molecule has 1 aliphatic rings. The lowest BCUT2D eigenvalue weighted by Crippen LogP contribution is -2.27. The van der Waals surface area contributed by atoms with Gasteiger partial charge in [0.2, 0.25) is 5.91 Å². The first-order chi connectivity index (χ1) is 12.2. The average Bonchev–Trinajstić information content (AvgIpc) is 3.34. The van der Waals surface area contributed by atoms with Crippen LogP contribution in [0, 0.1) is 6.92 Å². The number of anilines is 1. The lowest BCUT2D eigenvalue weighted by atomic mass is 10.1. The van der Waals surface area contributed by atoms with Crippen LogP contribution in [0.2, 0.25) is 0 Å². The van der Waals surface area contributed by atoms with Gasteiger partial charge in [0.05, 0.1) is 6.20 Å². The van der Waals surface area contributed by atoms with Crippen LogP contribution in [-0.2, 0) is 4.79 Å². The molecule has 25 heavy (non-hydrogen) atoms. The molecule has 1 saturated carbocycles. The second kappa shape index (κ2) is 6.55. The van der Waals surface area contributed by atoms with Gasteiger partial charge in [0.15, 0.2) is 5.65 Å². The number of imidazole rings is 1. The fourth-order valence-electron chi connectivity index (χ4n) is 2.89. The molecule has 0 atom stereocenters. The van der Waals surface area contributed by atoms with Crippen molar-refractivity contribution >= 4 is 17.4 Å². The van der Waals surface area contributed by atoms with Crippen molar-refractivity contribution in [3.8, 4) is 11.3 Å². The number of aromatic nitrogens is 3. The van der Waals surface area contributed by atoms with Gasteiger partial charge in [0, 0.05) is 37.0 Å². The molecule has 1 aliphatic carbocycles. The molecule has 1 amide bonds. The van der Waals surface area contributed by atoms with Gasteiger partial charge in [-0.3, -0.25) is 14.2 Å². The standard InChI is InChI=1S/C19H21N5O/c1-13-3-2-4-14(11-13)18-19(24-10-9-20-12-16(24)23-18)21-8-7-17(25)22-15-5-6-15/h2-4,9-12,15,21H,5-8H2,1H3,(H,22,25). The summed E-state index contributed by atoms with van der Waals surface area (Å²) in [6, 6.07) is 8.65. The molecule has 128 valence electrons. The fraction of sp³-hybridized carbons (Fsp3) is 0.316. The number of benzene rings is 1. The molecule has 6 heteroatoms. The van der Waals surface area contributed by atoms with Gasteiger partial charge in [-0.25, -0.2) is 4.98 Å². The molecule has 0 spiro atoms. The number of rotatable bonds is 6. The van der Waals surface area contributed by atoms with Gasteiger partial charge >= 0.3 is 0 Å². The van der Waals surface area contributed by atoms with Gasteiger partial charge in [-0.2, -0.15) is 0 Å². The molecule has 0 radical (unpaired) electrons. The van der Waals surface area contributed by atoms with Crippen LogP contribution in [0.3, 0.4) is 0 Å². The van der Waals surface area contributed by atoms with E-state index in [2.05, 4.69) is 34.7 Å². The quantitative estimate of drug-likeness (QED) is 0.727. The molecule has 0 aliphatic heterocycles. The highest BCUT2D eigenvalue weighted by Crippen LogP contribution is 2.29. The monoisotopic (exact) mass is 335 g/mol. The Bertz CT molecular complexity index is 913. The highest BCUT2D eigenvalue weighted by Gasteiger charge is 2.23. The highest BCUT2D eigenvalue weighted by molar-refractivity contribution is 5.79. The lowest BCUT2D eigenvalue weighted by Gasteiger charge is -2.09. The highest BCUT2D eigenvalue weighted by atomic mass is 16.1. The Hall–Kier alpha value is -2.89. The van der Waals surface area contributed by atoms with Gasteiger partial charge in [0.1, 0.15) is 11.5 Å². The lowest BCUT2D eigenvalue weighted by molar-refractivity contribution is -0.120. The van der Waals surface area contributed by atoms with Crippen LogP contribution in [0.15, 0.2) is 42.9 Å². The van der Waals surface area contributed by atoms with Gasteiger partial charge in [-0.05, 0) is 25.8 Å². The first-order valence-corrected chi connectivity index (χ1v) is 8.63. The smallest absolute Gasteiger partial charge is 0.221 e. The van der Waals surface area contributed by atoms with Crippen molar-refractivity contribution in [1.29, 1.82) is 0 Å². The number of aryl methyl sites for hydroxylation is 1. The first-order valence-electron chi connectivity index (χ1n) is 8.63.